The van der Waals surface area contributed by atoms with Crippen molar-refractivity contribution in [2.75, 3.05) is 11.1 Å². The number of rotatable bonds is 4. The second kappa shape index (κ2) is 6.13. The summed E-state index contributed by atoms with van der Waals surface area (Å²) in [6.07, 6.45) is 0. The zero-order chi connectivity index (χ0) is 16.6. The van der Waals surface area contributed by atoms with Gasteiger partial charge in [0.2, 0.25) is 5.91 Å². The fourth-order valence-corrected chi connectivity index (χ4v) is 3.86. The van der Waals surface area contributed by atoms with Crippen LogP contribution in [-0.2, 0) is 11.8 Å². The summed E-state index contributed by atoms with van der Waals surface area (Å²) in [5.74, 6) is 0.951. The summed E-state index contributed by atoms with van der Waals surface area (Å²) in [7, 11) is 1.69. The molecule has 3 rings (SSSR count). The minimum absolute atomic E-state index is 0.0793. The van der Waals surface area contributed by atoms with Gasteiger partial charge in [-0.05, 0) is 25.1 Å². The highest BCUT2D eigenvalue weighted by Crippen LogP contribution is 2.30. The van der Waals surface area contributed by atoms with Gasteiger partial charge in [-0.3, -0.25) is 14.2 Å². The summed E-state index contributed by atoms with van der Waals surface area (Å²) in [6, 6.07) is 1.77. The molecule has 0 saturated carbocycles. The van der Waals surface area contributed by atoms with Gasteiger partial charge in [-0.15, -0.1) is 23.1 Å². The van der Waals surface area contributed by atoms with Crippen LogP contribution < -0.4 is 10.9 Å². The van der Waals surface area contributed by atoms with Crippen LogP contribution in [0.4, 0.5) is 5.82 Å². The van der Waals surface area contributed by atoms with E-state index < -0.39 is 0 Å². The predicted octanol–water partition coefficient (Wildman–Crippen LogP) is 1.73. The van der Waals surface area contributed by atoms with Gasteiger partial charge in [-0.1, -0.05) is 5.16 Å². The number of nitrogens with one attached hydrogen (secondary N) is 1. The van der Waals surface area contributed by atoms with Gasteiger partial charge in [-0.2, -0.15) is 0 Å². The molecule has 3 aromatic heterocycles. The van der Waals surface area contributed by atoms with Gasteiger partial charge < -0.3 is 5.32 Å². The van der Waals surface area contributed by atoms with Crippen LogP contribution in [0.5, 0.6) is 0 Å². The normalized spacial score (nSPS) is 11.1. The van der Waals surface area contributed by atoms with Crippen molar-refractivity contribution < 1.29 is 9.42 Å². The average molecular weight is 351 g/mol. The summed E-state index contributed by atoms with van der Waals surface area (Å²) in [6.45, 7) is 3.48. The lowest BCUT2D eigenvalue weighted by Crippen LogP contribution is -2.19. The van der Waals surface area contributed by atoms with Gasteiger partial charge in [0.15, 0.2) is 5.82 Å². The first-order valence-corrected chi connectivity index (χ1v) is 8.45. The first kappa shape index (κ1) is 15.7. The van der Waals surface area contributed by atoms with Gasteiger partial charge in [0.05, 0.1) is 15.3 Å². The molecule has 0 aliphatic heterocycles. The largest absolute Gasteiger partial charge is 0.306 e. The number of hydrogen-bond donors (Lipinski definition) is 1. The molecule has 0 aromatic carbocycles. The fourth-order valence-electron chi connectivity index (χ4n) is 1.87. The monoisotopic (exact) mass is 351 g/mol. The maximum atomic E-state index is 12.2. The molecule has 1 amide bonds. The lowest BCUT2D eigenvalue weighted by molar-refractivity contribution is -0.113. The van der Waals surface area contributed by atoms with E-state index in [0.29, 0.717) is 27.6 Å². The van der Waals surface area contributed by atoms with Crippen molar-refractivity contribution in [1.82, 2.24) is 19.9 Å². The average Bonchev–Trinajstić information content (AvgIpc) is 3.10. The summed E-state index contributed by atoms with van der Waals surface area (Å²) in [5.41, 5.74) is 0.442. The van der Waals surface area contributed by atoms with E-state index in [4.69, 9.17) is 0 Å². The Labute approximate surface area is 138 Å². The molecule has 0 bridgehead atoms. The van der Waals surface area contributed by atoms with Gasteiger partial charge in [-0.25, -0.2) is 9.61 Å². The number of thiophene rings is 1. The van der Waals surface area contributed by atoms with E-state index >= 15 is 0 Å². The molecule has 10 heteroatoms. The Morgan fingerprint density at radius 2 is 2.22 bits per heavy atom. The maximum absolute atomic E-state index is 12.2. The SMILES string of the molecule is Cc1nonc1NC(=O)CSc1cc2c(=O)n(C)c(C)nc2s1. The van der Waals surface area contributed by atoms with E-state index in [-0.39, 0.29) is 17.2 Å². The molecule has 0 fully saturated rings. The maximum Gasteiger partial charge on any atom is 0.262 e. The second-order valence-corrected chi connectivity index (χ2v) is 7.15. The number of hydrogen-bond acceptors (Lipinski definition) is 8. The lowest BCUT2D eigenvalue weighted by atomic mass is 10.4. The van der Waals surface area contributed by atoms with Crippen LogP contribution in [0.1, 0.15) is 11.5 Å². The molecule has 120 valence electrons. The molecule has 0 unspecified atom stereocenters. The number of anilines is 1. The minimum atomic E-state index is -0.219. The Morgan fingerprint density at radius 1 is 1.43 bits per heavy atom. The standard InChI is InChI=1S/C13H13N5O3S2/c1-6-11(17-21-16-6)15-9(19)5-22-10-4-8-12(23-10)14-7(2)18(3)13(8)20/h4H,5H2,1-3H3,(H,15,17,19). The van der Waals surface area contributed by atoms with Crippen LogP contribution in [0.2, 0.25) is 0 Å². The number of amides is 1. The molecule has 1 N–H and O–H groups in total. The van der Waals surface area contributed by atoms with Gasteiger partial charge in [0, 0.05) is 7.05 Å². The number of thioether (sulfide) groups is 1. The molecule has 3 heterocycles. The Balaban J connectivity index is 1.72. The van der Waals surface area contributed by atoms with E-state index in [2.05, 4.69) is 25.2 Å². The molecule has 0 spiro atoms. The summed E-state index contributed by atoms with van der Waals surface area (Å²) in [4.78, 5) is 29.2. The quantitative estimate of drug-likeness (QED) is 0.714. The molecule has 0 saturated heterocycles. The van der Waals surface area contributed by atoms with E-state index in [1.165, 1.54) is 27.7 Å². The van der Waals surface area contributed by atoms with Crippen LogP contribution >= 0.6 is 23.1 Å². The van der Waals surface area contributed by atoms with Crippen molar-refractivity contribution in [2.24, 2.45) is 7.05 Å². The number of fused-ring (bicyclic) bond motifs is 1. The van der Waals surface area contributed by atoms with E-state index in [1.807, 2.05) is 0 Å². The number of aryl methyl sites for hydroxylation is 2. The Hall–Kier alpha value is -2.20. The van der Waals surface area contributed by atoms with Crippen LogP contribution in [-0.4, -0.2) is 31.5 Å². The van der Waals surface area contributed by atoms with E-state index in [0.717, 1.165) is 4.21 Å². The number of aromatic nitrogens is 4. The zero-order valence-corrected chi connectivity index (χ0v) is 14.2. The molecule has 23 heavy (non-hydrogen) atoms. The van der Waals surface area contributed by atoms with E-state index in [1.54, 1.807) is 27.0 Å². The third-order valence-corrected chi connectivity index (χ3v) is 5.47. The highest BCUT2D eigenvalue weighted by Gasteiger charge is 2.13. The molecule has 3 aromatic rings. The molecule has 0 aliphatic rings. The van der Waals surface area contributed by atoms with Crippen LogP contribution in [0.25, 0.3) is 10.2 Å². The zero-order valence-electron chi connectivity index (χ0n) is 12.6. The third kappa shape index (κ3) is 3.13. The smallest absolute Gasteiger partial charge is 0.262 e. The number of carbonyl (C=O) groups excluding carboxylic acids is 1. The summed E-state index contributed by atoms with van der Waals surface area (Å²) < 4.78 is 6.89. The van der Waals surface area contributed by atoms with Gasteiger partial charge >= 0.3 is 0 Å². The van der Waals surface area contributed by atoms with Crippen molar-refractivity contribution in [3.63, 3.8) is 0 Å². The predicted molar refractivity (Wildman–Crippen MR) is 88.0 cm³/mol. The molecular weight excluding hydrogens is 338 g/mol. The van der Waals surface area contributed by atoms with Crippen molar-refractivity contribution in [1.29, 1.82) is 0 Å². The van der Waals surface area contributed by atoms with Gasteiger partial charge in [0.1, 0.15) is 16.3 Å². The second-order valence-electron chi connectivity index (χ2n) is 4.84. The van der Waals surface area contributed by atoms with Crippen molar-refractivity contribution in [3.05, 3.63) is 27.9 Å². The van der Waals surface area contributed by atoms with Gasteiger partial charge in [0.25, 0.3) is 5.56 Å². The van der Waals surface area contributed by atoms with Crippen molar-refractivity contribution in [3.8, 4) is 0 Å². The van der Waals surface area contributed by atoms with Crippen LogP contribution in [0.15, 0.2) is 19.7 Å². The third-order valence-electron chi connectivity index (χ3n) is 3.23. The number of nitrogens with zero attached hydrogens (tertiary/aromatic N) is 4. The fraction of sp³-hybridized carbons (Fsp3) is 0.308. The topological polar surface area (TPSA) is 103 Å². The lowest BCUT2D eigenvalue weighted by Gasteiger charge is -2.00. The number of carbonyl (C=O) groups is 1. The van der Waals surface area contributed by atoms with E-state index in [9.17, 15) is 9.59 Å². The summed E-state index contributed by atoms with van der Waals surface area (Å²) in [5, 5.41) is 10.4. The molecule has 0 aliphatic carbocycles. The van der Waals surface area contributed by atoms with Crippen molar-refractivity contribution in [2.45, 2.75) is 18.1 Å². The Bertz CT molecular complexity index is 943. The minimum Gasteiger partial charge on any atom is -0.306 e. The van der Waals surface area contributed by atoms with Crippen LogP contribution in [0.3, 0.4) is 0 Å². The molecule has 0 atom stereocenters. The Kier molecular flexibility index (Phi) is 4.18. The highest BCUT2D eigenvalue weighted by atomic mass is 32.2. The van der Waals surface area contributed by atoms with Crippen LogP contribution in [0, 0.1) is 13.8 Å². The first-order valence-electron chi connectivity index (χ1n) is 6.64. The highest BCUT2D eigenvalue weighted by molar-refractivity contribution is 8.01. The molecular formula is C13H13N5O3S2. The summed E-state index contributed by atoms with van der Waals surface area (Å²) >= 11 is 2.74. The first-order chi connectivity index (χ1) is 11.0. The molecule has 8 nitrogen and oxygen atoms in total. The molecule has 0 radical (unpaired) electrons. The Morgan fingerprint density at radius 3 is 2.91 bits per heavy atom. The van der Waals surface area contributed by atoms with Crippen molar-refractivity contribution >= 4 is 45.0 Å².